The smallest absolute Gasteiger partial charge is 0.0167 e. The first-order chi connectivity index (χ1) is 7.74. The van der Waals surface area contributed by atoms with Crippen molar-refractivity contribution in [3.63, 3.8) is 0 Å². The van der Waals surface area contributed by atoms with Crippen LogP contribution in [0.15, 0.2) is 48.1 Å². The third-order valence-corrected chi connectivity index (χ3v) is 2.52. The summed E-state index contributed by atoms with van der Waals surface area (Å²) in [6, 6.07) is 10.4. The zero-order valence-corrected chi connectivity index (χ0v) is 10.4. The summed E-state index contributed by atoms with van der Waals surface area (Å²) in [7, 11) is 1.98. The molecule has 0 aromatic heterocycles. The van der Waals surface area contributed by atoms with E-state index in [4.69, 9.17) is 0 Å². The Bertz CT molecular complexity index is 347. The number of hydrogen-bond acceptors (Lipinski definition) is 1. The molecule has 0 radical (unpaired) electrons. The highest BCUT2D eigenvalue weighted by molar-refractivity contribution is 5.51. The van der Waals surface area contributed by atoms with Gasteiger partial charge in [-0.1, -0.05) is 68.0 Å². The van der Waals surface area contributed by atoms with Gasteiger partial charge in [-0.05, 0) is 18.5 Å². The zero-order chi connectivity index (χ0) is 11.8. The fraction of sp³-hybridized carbons (Fsp3) is 0.333. The topological polar surface area (TPSA) is 12.0 Å². The maximum Gasteiger partial charge on any atom is 0.0167 e. The Hall–Kier alpha value is -1.34. The van der Waals surface area contributed by atoms with Gasteiger partial charge >= 0.3 is 0 Å². The van der Waals surface area contributed by atoms with Gasteiger partial charge in [0.1, 0.15) is 0 Å². The van der Waals surface area contributed by atoms with E-state index in [1.54, 1.807) is 0 Å². The van der Waals surface area contributed by atoms with Gasteiger partial charge in [0.2, 0.25) is 0 Å². The predicted octanol–water partition coefficient (Wildman–Crippen LogP) is 3.50. The minimum absolute atomic E-state index is 0.591. The summed E-state index contributed by atoms with van der Waals surface area (Å²) >= 11 is 0. The molecule has 1 rings (SSSR count). The number of rotatable bonds is 5. The highest BCUT2D eigenvalue weighted by Crippen LogP contribution is 2.09. The minimum atomic E-state index is 0.591. The van der Waals surface area contributed by atoms with E-state index in [1.807, 2.05) is 13.1 Å². The van der Waals surface area contributed by atoms with Crippen molar-refractivity contribution in [2.24, 2.45) is 5.92 Å². The average Bonchev–Trinajstić information content (AvgIpc) is 2.29. The van der Waals surface area contributed by atoms with Crippen LogP contribution in [0.5, 0.6) is 0 Å². The Kier molecular flexibility index (Phi) is 5.58. The second-order valence-corrected chi connectivity index (χ2v) is 4.20. The summed E-state index contributed by atoms with van der Waals surface area (Å²) in [5.41, 5.74) is 2.67. The van der Waals surface area contributed by atoms with Crippen molar-refractivity contribution in [1.82, 2.24) is 5.32 Å². The van der Waals surface area contributed by atoms with Crippen LogP contribution in [-0.4, -0.2) is 13.6 Å². The van der Waals surface area contributed by atoms with Gasteiger partial charge in [0, 0.05) is 6.54 Å². The van der Waals surface area contributed by atoms with E-state index in [1.165, 1.54) is 11.1 Å². The molecule has 1 aromatic rings. The first-order valence-corrected chi connectivity index (χ1v) is 5.81. The third kappa shape index (κ3) is 4.45. The average molecular weight is 215 g/mol. The van der Waals surface area contributed by atoms with Crippen molar-refractivity contribution in [3.8, 4) is 0 Å². The number of likely N-dealkylation sites (N-methyl/N-ethyl adjacent to an activating group) is 1. The van der Waals surface area contributed by atoms with Crippen LogP contribution in [-0.2, 0) is 0 Å². The van der Waals surface area contributed by atoms with Gasteiger partial charge in [0.25, 0.3) is 0 Å². The van der Waals surface area contributed by atoms with Gasteiger partial charge in [0.05, 0.1) is 0 Å². The SMILES string of the molecule is CNCC(=CC=Cc1ccccc1)C(C)C. The van der Waals surface area contributed by atoms with Gasteiger partial charge in [-0.3, -0.25) is 0 Å². The van der Waals surface area contributed by atoms with E-state index in [-0.39, 0.29) is 0 Å². The lowest BCUT2D eigenvalue weighted by atomic mass is 10.0. The largest absolute Gasteiger partial charge is 0.316 e. The van der Waals surface area contributed by atoms with Crippen molar-refractivity contribution >= 4 is 6.08 Å². The summed E-state index contributed by atoms with van der Waals surface area (Å²) in [6.45, 7) is 5.40. The highest BCUT2D eigenvalue weighted by atomic mass is 14.8. The van der Waals surface area contributed by atoms with E-state index < -0.39 is 0 Å². The summed E-state index contributed by atoms with van der Waals surface area (Å²) in [4.78, 5) is 0. The maximum absolute atomic E-state index is 3.20. The van der Waals surface area contributed by atoms with Crippen LogP contribution in [0.25, 0.3) is 6.08 Å². The zero-order valence-electron chi connectivity index (χ0n) is 10.4. The van der Waals surface area contributed by atoms with Crippen molar-refractivity contribution in [2.45, 2.75) is 13.8 Å². The molecule has 16 heavy (non-hydrogen) atoms. The lowest BCUT2D eigenvalue weighted by molar-refractivity contribution is 0.707. The molecule has 0 atom stereocenters. The van der Waals surface area contributed by atoms with Crippen LogP contribution < -0.4 is 5.32 Å². The molecule has 0 amide bonds. The standard InChI is InChI=1S/C15H21N/c1-13(2)15(12-16-3)11-7-10-14-8-5-4-6-9-14/h4-11,13,16H,12H2,1-3H3. The van der Waals surface area contributed by atoms with Gasteiger partial charge in [-0.25, -0.2) is 0 Å². The summed E-state index contributed by atoms with van der Waals surface area (Å²) in [5.74, 6) is 0.591. The minimum Gasteiger partial charge on any atom is -0.316 e. The molecular weight excluding hydrogens is 194 g/mol. The second kappa shape index (κ2) is 7.02. The molecule has 1 nitrogen and oxygen atoms in total. The molecule has 0 heterocycles. The van der Waals surface area contributed by atoms with Crippen LogP contribution in [0.4, 0.5) is 0 Å². The molecule has 0 aliphatic rings. The Balaban J connectivity index is 2.66. The molecule has 0 saturated carbocycles. The summed E-state index contributed by atoms with van der Waals surface area (Å²) in [6.07, 6.45) is 6.47. The summed E-state index contributed by atoms with van der Waals surface area (Å²) < 4.78 is 0. The highest BCUT2D eigenvalue weighted by Gasteiger charge is 1.99. The number of benzene rings is 1. The molecule has 0 aliphatic heterocycles. The van der Waals surface area contributed by atoms with E-state index in [0.717, 1.165) is 6.54 Å². The van der Waals surface area contributed by atoms with Crippen molar-refractivity contribution in [1.29, 1.82) is 0 Å². The summed E-state index contributed by atoms with van der Waals surface area (Å²) in [5, 5.41) is 3.20. The Labute approximate surface area is 98.9 Å². The van der Waals surface area contributed by atoms with Gasteiger partial charge in [-0.15, -0.1) is 0 Å². The molecule has 0 unspecified atom stereocenters. The van der Waals surface area contributed by atoms with Crippen LogP contribution in [0.1, 0.15) is 19.4 Å². The molecule has 0 bridgehead atoms. The lowest BCUT2D eigenvalue weighted by Gasteiger charge is -2.09. The number of hydrogen-bond donors (Lipinski definition) is 1. The molecular formula is C15H21N. The van der Waals surface area contributed by atoms with Crippen LogP contribution in [0, 0.1) is 5.92 Å². The molecule has 1 aromatic carbocycles. The second-order valence-electron chi connectivity index (χ2n) is 4.20. The van der Waals surface area contributed by atoms with E-state index >= 15 is 0 Å². The molecule has 1 heteroatoms. The molecule has 86 valence electrons. The molecule has 0 aliphatic carbocycles. The van der Waals surface area contributed by atoms with Gasteiger partial charge in [-0.2, -0.15) is 0 Å². The molecule has 0 saturated heterocycles. The van der Waals surface area contributed by atoms with Crippen LogP contribution in [0.2, 0.25) is 0 Å². The molecule has 0 fully saturated rings. The monoisotopic (exact) mass is 215 g/mol. The van der Waals surface area contributed by atoms with Crippen molar-refractivity contribution in [3.05, 3.63) is 53.6 Å². The number of nitrogens with one attached hydrogen (secondary N) is 1. The Morgan fingerprint density at radius 3 is 2.50 bits per heavy atom. The Morgan fingerprint density at radius 2 is 1.94 bits per heavy atom. The van der Waals surface area contributed by atoms with Crippen LogP contribution in [0.3, 0.4) is 0 Å². The van der Waals surface area contributed by atoms with E-state index in [0.29, 0.717) is 5.92 Å². The fourth-order valence-electron chi connectivity index (χ4n) is 1.51. The fourth-order valence-corrected chi connectivity index (χ4v) is 1.51. The normalized spacial score (nSPS) is 12.6. The van der Waals surface area contributed by atoms with E-state index in [9.17, 15) is 0 Å². The van der Waals surface area contributed by atoms with E-state index in [2.05, 4.69) is 61.7 Å². The Morgan fingerprint density at radius 1 is 1.25 bits per heavy atom. The number of allylic oxidation sites excluding steroid dienone is 2. The van der Waals surface area contributed by atoms with Gasteiger partial charge < -0.3 is 5.32 Å². The van der Waals surface area contributed by atoms with Crippen molar-refractivity contribution in [2.75, 3.05) is 13.6 Å². The van der Waals surface area contributed by atoms with Crippen molar-refractivity contribution < 1.29 is 0 Å². The molecule has 1 N–H and O–H groups in total. The third-order valence-electron chi connectivity index (χ3n) is 2.52. The first kappa shape index (κ1) is 12.7. The van der Waals surface area contributed by atoms with Gasteiger partial charge in [0.15, 0.2) is 0 Å². The quantitative estimate of drug-likeness (QED) is 0.741. The molecule has 0 spiro atoms. The van der Waals surface area contributed by atoms with Crippen LogP contribution >= 0.6 is 0 Å². The first-order valence-electron chi connectivity index (χ1n) is 5.81. The maximum atomic E-state index is 3.20. The predicted molar refractivity (Wildman–Crippen MR) is 72.3 cm³/mol. The lowest BCUT2D eigenvalue weighted by Crippen LogP contribution is -2.13.